The molecule has 6 nitrogen and oxygen atoms in total. The number of rotatable bonds is 7. The zero-order valence-electron chi connectivity index (χ0n) is 12.5. The molecule has 2 amide bonds. The minimum absolute atomic E-state index is 0.0505. The highest BCUT2D eigenvalue weighted by atomic mass is 19.1. The molecule has 7 heteroatoms. The van der Waals surface area contributed by atoms with Crippen molar-refractivity contribution in [1.82, 2.24) is 5.32 Å². The third-order valence-corrected chi connectivity index (χ3v) is 3.06. The number of halogens is 1. The number of carbonyl (C=O) groups excluding carboxylic acids is 3. The predicted molar refractivity (Wildman–Crippen MR) is 77.3 cm³/mol. The van der Waals surface area contributed by atoms with Crippen molar-refractivity contribution in [2.24, 2.45) is 11.7 Å². The van der Waals surface area contributed by atoms with E-state index in [1.807, 2.05) is 0 Å². The average Bonchev–Trinajstić information content (AvgIpc) is 2.44. The van der Waals surface area contributed by atoms with Crippen LogP contribution >= 0.6 is 0 Å². The number of esters is 1. The predicted octanol–water partition coefficient (Wildman–Crippen LogP) is 0.999. The molecule has 0 saturated heterocycles. The lowest BCUT2D eigenvalue weighted by atomic mass is 9.97. The molecule has 22 heavy (non-hydrogen) atoms. The molecule has 3 N–H and O–H groups in total. The Morgan fingerprint density at radius 1 is 1.27 bits per heavy atom. The van der Waals surface area contributed by atoms with Crippen LogP contribution < -0.4 is 11.1 Å². The molecule has 0 aliphatic heterocycles. The van der Waals surface area contributed by atoms with E-state index in [1.54, 1.807) is 13.8 Å². The lowest BCUT2D eigenvalue weighted by Gasteiger charge is -2.21. The van der Waals surface area contributed by atoms with Crippen molar-refractivity contribution in [3.05, 3.63) is 35.6 Å². The molecule has 1 aromatic rings. The van der Waals surface area contributed by atoms with E-state index >= 15 is 0 Å². The van der Waals surface area contributed by atoms with Gasteiger partial charge in [0.1, 0.15) is 11.9 Å². The van der Waals surface area contributed by atoms with Gasteiger partial charge in [0.15, 0.2) is 0 Å². The molecule has 1 rings (SSSR count). The Labute approximate surface area is 127 Å². The summed E-state index contributed by atoms with van der Waals surface area (Å²) < 4.78 is 17.6. The third-order valence-electron chi connectivity index (χ3n) is 3.06. The van der Waals surface area contributed by atoms with E-state index in [2.05, 4.69) is 5.32 Å². The molecular weight excluding hydrogens is 291 g/mol. The van der Waals surface area contributed by atoms with Crippen molar-refractivity contribution in [3.8, 4) is 0 Å². The van der Waals surface area contributed by atoms with E-state index in [0.717, 1.165) is 12.1 Å². The lowest BCUT2D eigenvalue weighted by Crippen LogP contribution is -2.49. The van der Waals surface area contributed by atoms with Gasteiger partial charge in [0.2, 0.25) is 5.91 Å². The van der Waals surface area contributed by atoms with Crippen LogP contribution in [0.25, 0.3) is 0 Å². The Bertz CT molecular complexity index is 545. The molecule has 0 radical (unpaired) electrons. The summed E-state index contributed by atoms with van der Waals surface area (Å²) in [6.07, 6.45) is -0.0505. The SMILES string of the molecule is CCOC(=O)C[C@H](C)[C@@H](NC(=O)c1ccc(F)cc1)C(N)=O. The van der Waals surface area contributed by atoms with Gasteiger partial charge in [0.25, 0.3) is 5.91 Å². The van der Waals surface area contributed by atoms with Crippen molar-refractivity contribution in [2.75, 3.05) is 6.61 Å². The normalized spacial score (nSPS) is 13.0. The van der Waals surface area contributed by atoms with Crippen molar-refractivity contribution in [2.45, 2.75) is 26.3 Å². The van der Waals surface area contributed by atoms with Crippen LogP contribution in [0.2, 0.25) is 0 Å². The van der Waals surface area contributed by atoms with E-state index < -0.39 is 35.6 Å². The van der Waals surface area contributed by atoms with Crippen LogP contribution in [0.5, 0.6) is 0 Å². The van der Waals surface area contributed by atoms with Crippen molar-refractivity contribution < 1.29 is 23.5 Å². The summed E-state index contributed by atoms with van der Waals surface area (Å²) >= 11 is 0. The van der Waals surface area contributed by atoms with Crippen LogP contribution in [0.1, 0.15) is 30.6 Å². The molecule has 120 valence electrons. The van der Waals surface area contributed by atoms with Gasteiger partial charge >= 0.3 is 5.97 Å². The number of ether oxygens (including phenoxy) is 1. The molecule has 2 atom stereocenters. The molecule has 0 aliphatic carbocycles. The lowest BCUT2D eigenvalue weighted by molar-refractivity contribution is -0.144. The highest BCUT2D eigenvalue weighted by Crippen LogP contribution is 2.11. The Kier molecular flexibility index (Phi) is 6.49. The van der Waals surface area contributed by atoms with E-state index in [1.165, 1.54) is 12.1 Å². The standard InChI is InChI=1S/C15H19FN2O4/c1-3-22-12(19)8-9(2)13(14(17)20)18-15(21)10-4-6-11(16)7-5-10/h4-7,9,13H,3,8H2,1-2H3,(H2,17,20)(H,18,21)/t9-,13+/m0/s1. The fourth-order valence-electron chi connectivity index (χ4n) is 1.92. The van der Waals surface area contributed by atoms with E-state index in [9.17, 15) is 18.8 Å². The van der Waals surface area contributed by atoms with E-state index in [-0.39, 0.29) is 18.6 Å². The summed E-state index contributed by atoms with van der Waals surface area (Å²) in [5.74, 6) is -2.80. The summed E-state index contributed by atoms with van der Waals surface area (Å²) in [5, 5.41) is 2.46. The molecule has 0 saturated carbocycles. The first-order valence-electron chi connectivity index (χ1n) is 6.86. The summed E-state index contributed by atoms with van der Waals surface area (Å²) in [7, 11) is 0. The monoisotopic (exact) mass is 310 g/mol. The van der Waals surface area contributed by atoms with Gasteiger partial charge in [-0.3, -0.25) is 14.4 Å². The minimum Gasteiger partial charge on any atom is -0.466 e. The number of hydrogen-bond acceptors (Lipinski definition) is 4. The fourth-order valence-corrected chi connectivity index (χ4v) is 1.92. The molecule has 0 heterocycles. The maximum Gasteiger partial charge on any atom is 0.306 e. The zero-order chi connectivity index (χ0) is 16.7. The van der Waals surface area contributed by atoms with Gasteiger partial charge < -0.3 is 15.8 Å². The minimum atomic E-state index is -1.03. The van der Waals surface area contributed by atoms with Crippen LogP contribution in [0.15, 0.2) is 24.3 Å². The van der Waals surface area contributed by atoms with Gasteiger partial charge in [0.05, 0.1) is 13.0 Å². The second kappa shape index (κ2) is 8.11. The van der Waals surface area contributed by atoms with Gasteiger partial charge in [-0.1, -0.05) is 6.92 Å². The Morgan fingerprint density at radius 2 is 1.86 bits per heavy atom. The molecule has 0 fully saturated rings. The van der Waals surface area contributed by atoms with Crippen LogP contribution in [0, 0.1) is 11.7 Å². The third kappa shape index (κ3) is 5.16. The summed E-state index contributed by atoms with van der Waals surface area (Å²) in [6.45, 7) is 3.51. The average molecular weight is 310 g/mol. The number of hydrogen-bond donors (Lipinski definition) is 2. The molecule has 0 spiro atoms. The smallest absolute Gasteiger partial charge is 0.306 e. The van der Waals surface area contributed by atoms with Crippen LogP contribution in [0.4, 0.5) is 4.39 Å². The first kappa shape index (κ1) is 17.6. The summed E-state index contributed by atoms with van der Waals surface area (Å²) in [4.78, 5) is 35.0. The van der Waals surface area contributed by atoms with Gasteiger partial charge in [0, 0.05) is 5.56 Å². The Hall–Kier alpha value is -2.44. The van der Waals surface area contributed by atoms with Crippen molar-refractivity contribution in [1.29, 1.82) is 0 Å². The van der Waals surface area contributed by atoms with Gasteiger partial charge in [-0.15, -0.1) is 0 Å². The Balaban J connectivity index is 2.75. The molecule has 0 aliphatic rings. The maximum atomic E-state index is 12.8. The number of amides is 2. The summed E-state index contributed by atoms with van der Waals surface area (Å²) in [5.41, 5.74) is 5.46. The second-order valence-electron chi connectivity index (χ2n) is 4.85. The molecular formula is C15H19FN2O4. The maximum absolute atomic E-state index is 12.8. The van der Waals surface area contributed by atoms with Crippen molar-refractivity contribution in [3.63, 3.8) is 0 Å². The number of nitrogens with one attached hydrogen (secondary N) is 1. The Morgan fingerprint density at radius 3 is 2.36 bits per heavy atom. The quantitative estimate of drug-likeness (QED) is 0.734. The van der Waals surface area contributed by atoms with Crippen LogP contribution in [-0.2, 0) is 14.3 Å². The number of nitrogens with two attached hydrogens (primary N) is 1. The van der Waals surface area contributed by atoms with Gasteiger partial charge in [-0.05, 0) is 37.1 Å². The molecule has 1 aromatic carbocycles. The van der Waals surface area contributed by atoms with E-state index in [4.69, 9.17) is 10.5 Å². The fraction of sp³-hybridized carbons (Fsp3) is 0.400. The topological polar surface area (TPSA) is 98.5 Å². The molecule has 0 unspecified atom stereocenters. The van der Waals surface area contributed by atoms with Crippen LogP contribution in [0.3, 0.4) is 0 Å². The first-order chi connectivity index (χ1) is 10.3. The van der Waals surface area contributed by atoms with Crippen molar-refractivity contribution >= 4 is 17.8 Å². The summed E-state index contributed by atoms with van der Waals surface area (Å²) in [6, 6.07) is 3.83. The zero-order valence-corrected chi connectivity index (χ0v) is 12.5. The first-order valence-corrected chi connectivity index (χ1v) is 6.86. The van der Waals surface area contributed by atoms with Crippen LogP contribution in [-0.4, -0.2) is 30.4 Å². The number of carbonyl (C=O) groups is 3. The number of benzene rings is 1. The largest absolute Gasteiger partial charge is 0.466 e. The van der Waals surface area contributed by atoms with E-state index in [0.29, 0.717) is 0 Å². The van der Waals surface area contributed by atoms with Gasteiger partial charge in [-0.2, -0.15) is 0 Å². The number of primary amides is 1. The highest BCUT2D eigenvalue weighted by molar-refractivity contribution is 5.97. The van der Waals surface area contributed by atoms with Gasteiger partial charge in [-0.25, -0.2) is 4.39 Å². The second-order valence-corrected chi connectivity index (χ2v) is 4.85. The molecule has 0 aromatic heterocycles. The highest BCUT2D eigenvalue weighted by Gasteiger charge is 2.27. The molecule has 0 bridgehead atoms.